The normalized spacial score (nSPS) is 12.1. The van der Waals surface area contributed by atoms with Crippen LogP contribution in [0.2, 0.25) is 0 Å². The van der Waals surface area contributed by atoms with E-state index in [1.165, 1.54) is 0 Å². The van der Waals surface area contributed by atoms with Crippen molar-refractivity contribution in [3.05, 3.63) is 217 Å². The Bertz CT molecular complexity index is 3450. The highest BCUT2D eigenvalue weighted by molar-refractivity contribution is 7.11. The number of halogens is 30. The van der Waals surface area contributed by atoms with Crippen molar-refractivity contribution >= 4 is 51.3 Å². The van der Waals surface area contributed by atoms with Crippen molar-refractivity contribution in [1.29, 1.82) is 0 Å². The molecule has 4 nitrogen and oxygen atoms in total. The molecule has 83 heavy (non-hydrogen) atoms. The molecule has 1 aromatic heterocycles. The first-order valence-corrected chi connectivity index (χ1v) is 21.4. The molecule has 0 saturated carbocycles. The molecule has 0 aliphatic carbocycles. The van der Waals surface area contributed by atoms with Gasteiger partial charge in [-0.2, -0.15) is 0 Å². The zero-order valence-corrected chi connectivity index (χ0v) is 38.7. The molecule has 0 N–H and O–H groups in total. The van der Waals surface area contributed by atoms with E-state index in [0.717, 1.165) is 0 Å². The van der Waals surface area contributed by atoms with Crippen LogP contribution >= 0.6 is 0 Å². The highest BCUT2D eigenvalue weighted by Crippen LogP contribution is 2.35. The average Bonchev–Trinajstić information content (AvgIpc) is 4.19. The average molecular weight is 1230 g/mol. The number of hydrogen-bond donors (Lipinski definition) is 0. The smallest absolute Gasteiger partial charge is 0.337 e. The van der Waals surface area contributed by atoms with E-state index in [1.807, 2.05) is 0 Å². The summed E-state index contributed by atoms with van der Waals surface area (Å²) in [6, 6.07) is -0.115. The Morgan fingerprint density at radius 1 is 0.325 bits per heavy atom. The third kappa shape index (κ3) is 7.95. The Morgan fingerprint density at radius 3 is 0.747 bits per heavy atom. The van der Waals surface area contributed by atoms with Crippen molar-refractivity contribution in [3.8, 4) is 11.4 Å². The van der Waals surface area contributed by atoms with E-state index in [-0.39, 0.29) is 24.3 Å². The minimum absolute atomic E-state index is 0.0938. The molecule has 0 aliphatic heterocycles. The molecule has 36 heteroatoms. The van der Waals surface area contributed by atoms with Crippen LogP contribution in [-0.4, -0.2) is 30.1 Å². The number of nitrogens with zero attached hydrogens (tertiary/aromatic N) is 2. The van der Waals surface area contributed by atoms with E-state index in [1.54, 1.807) is 0 Å². The van der Waals surface area contributed by atoms with Gasteiger partial charge in [-0.3, -0.25) is 0 Å². The Hall–Kier alpha value is -8.75. The number of methoxy groups -OCH3 is 1. The molecule has 1 heterocycles. The Balaban J connectivity index is 1.95. The molecule has 0 unspecified atom stereocenters. The molecular weight excluding hydrogens is 1220 g/mol. The zero-order valence-electron chi connectivity index (χ0n) is 38.7. The quantitative estimate of drug-likeness (QED) is 0.0450. The van der Waals surface area contributed by atoms with Crippen molar-refractivity contribution in [2.24, 2.45) is 0 Å². The number of esters is 1. The van der Waals surface area contributed by atoms with Crippen LogP contribution < -0.4 is 37.3 Å². The maximum absolute atomic E-state index is 17.1. The molecule has 0 fully saturated rings. The standard InChI is InChI=1S/C47H9B2F30N2O2/c1-83-47(82)9-4-2-8(3-5-9)46-80(48(10-16(50)28(62)40(74)29(63)17(10)51,11-18(52)30(64)41(75)31(65)19(11)53)12-20(54)32(66)42(76)33(67)21(12)55)6-7-81(46)49(13-22(56)34(68)43(77)35(69)23(13)57,14-24(58)36(70)44(78)37(71)25(14)59)15-26(60)38(72)45(79)39(73)27(15)61/h2-7H,1H3/q-1. The van der Waals surface area contributed by atoms with Crippen molar-refractivity contribution in [2.45, 2.75) is 0 Å². The molecule has 0 atom stereocenters. The molecule has 0 aliphatic rings. The summed E-state index contributed by atoms with van der Waals surface area (Å²) in [6.45, 7) is 0. The fourth-order valence-electron chi connectivity index (χ4n) is 9.85. The van der Waals surface area contributed by atoms with E-state index < -0.39 is 264 Å². The molecule has 0 radical (unpaired) electrons. The highest BCUT2D eigenvalue weighted by atomic mass is 19.2. The molecule has 8 rings (SSSR count). The van der Waals surface area contributed by atoms with Gasteiger partial charge in [0.15, 0.2) is 111 Å². The summed E-state index contributed by atoms with van der Waals surface area (Å²) in [4.78, 5) is 12.6. The first-order valence-electron chi connectivity index (χ1n) is 21.4. The molecule has 0 amide bonds. The van der Waals surface area contributed by atoms with E-state index in [0.29, 0.717) is 7.11 Å². The van der Waals surface area contributed by atoms with Crippen molar-refractivity contribution in [3.63, 3.8) is 0 Å². The van der Waals surface area contributed by atoms with Crippen LogP contribution in [0.25, 0.3) is 11.4 Å². The maximum atomic E-state index is 17.1. The molecule has 8 aromatic rings. The van der Waals surface area contributed by atoms with Crippen molar-refractivity contribution in [1.82, 2.24) is 4.48 Å². The zero-order chi connectivity index (χ0) is 62.2. The third-order valence-electron chi connectivity index (χ3n) is 13.2. The molecule has 7 aromatic carbocycles. The second kappa shape index (κ2) is 20.6. The van der Waals surface area contributed by atoms with Gasteiger partial charge in [0.05, 0.1) is 30.6 Å². The number of aromatic nitrogens is 2. The molecule has 436 valence electrons. The van der Waals surface area contributed by atoms with Crippen LogP contribution in [-0.2, 0) is 4.74 Å². The number of rotatable bonds is 10. The summed E-state index contributed by atoms with van der Waals surface area (Å²) >= 11 is 0. The van der Waals surface area contributed by atoms with Crippen LogP contribution in [0.5, 0.6) is 0 Å². The first kappa shape index (κ1) is 60.3. The van der Waals surface area contributed by atoms with Gasteiger partial charge < -0.3 is 13.7 Å². The SMILES string of the molecule is COC(=O)c1ccc(-c2n([B-](c3c(F)c(F)c(F)c(F)c3F)(c3c(F)c(F)c(F)c(F)c3F)c3c(F)c(F)c(F)c(F)c3F)cc[n+]2[B-](c2c(F)c(F)c(F)c(F)c2F)(c2c(F)c(F)c(F)c(F)c2F)c2c(F)c(F)c(F)c(F)c2F)cc1. The Kier molecular flexibility index (Phi) is 15.0. The Labute approximate surface area is 436 Å². The van der Waals surface area contributed by atoms with Gasteiger partial charge in [-0.05, 0) is 24.3 Å². The van der Waals surface area contributed by atoms with E-state index in [9.17, 15) is 4.79 Å². The predicted molar refractivity (Wildman–Crippen MR) is 219 cm³/mol. The van der Waals surface area contributed by atoms with E-state index in [4.69, 9.17) is 0 Å². The van der Waals surface area contributed by atoms with Crippen LogP contribution in [0.1, 0.15) is 10.4 Å². The summed E-state index contributed by atoms with van der Waals surface area (Å²) in [7, 11) is 0.527. The van der Waals surface area contributed by atoms with Crippen LogP contribution in [0.15, 0.2) is 36.7 Å². The van der Waals surface area contributed by atoms with Gasteiger partial charge in [-0.15, -0.1) is 0 Å². The lowest BCUT2D eigenvalue weighted by Crippen LogP contribution is -2.89. The number of imidazole rings is 1. The van der Waals surface area contributed by atoms with Crippen molar-refractivity contribution < 1.29 is 146 Å². The van der Waals surface area contributed by atoms with Gasteiger partial charge in [0.2, 0.25) is 0 Å². The predicted octanol–water partition coefficient (Wildman–Crippen LogP) is 9.43. The summed E-state index contributed by atoms with van der Waals surface area (Å²) in [5, 5.41) is 0. The number of ether oxygens (including phenoxy) is 1. The minimum Gasteiger partial charge on any atom is -0.465 e. The fraction of sp³-hybridized carbons (Fsp3) is 0.0213. The summed E-state index contributed by atoms with van der Waals surface area (Å²) in [6.07, 6.45) is -17.3. The summed E-state index contributed by atoms with van der Waals surface area (Å²) in [5.41, 5.74) is -25.7. The fourth-order valence-corrected chi connectivity index (χ4v) is 9.85. The lowest BCUT2D eigenvalue weighted by atomic mass is 9.22. The van der Waals surface area contributed by atoms with Crippen LogP contribution in [0.3, 0.4) is 0 Å². The van der Waals surface area contributed by atoms with Gasteiger partial charge in [0.1, 0.15) is 69.8 Å². The number of carbonyl (C=O) groups excluding carboxylic acids is 1. The first-order chi connectivity index (χ1) is 38.6. The second-order valence-electron chi connectivity index (χ2n) is 17.0. The van der Waals surface area contributed by atoms with Gasteiger partial charge in [0.25, 0.3) is 12.6 Å². The van der Waals surface area contributed by atoms with Gasteiger partial charge >= 0.3 is 5.97 Å². The van der Waals surface area contributed by atoms with Crippen LogP contribution in [0, 0.1) is 175 Å². The lowest BCUT2D eigenvalue weighted by molar-refractivity contribution is -0.526. The summed E-state index contributed by atoms with van der Waals surface area (Å²) in [5.74, 6) is -119. The molecule has 0 bridgehead atoms. The van der Waals surface area contributed by atoms with Gasteiger partial charge in [-0.25, -0.2) is 137 Å². The number of benzene rings is 7. The van der Waals surface area contributed by atoms with E-state index in [2.05, 4.69) is 4.74 Å². The topological polar surface area (TPSA) is 35.1 Å². The highest BCUT2D eigenvalue weighted by Gasteiger charge is 2.59. The number of hydrogen-bond acceptors (Lipinski definition) is 2. The monoisotopic (exact) mass is 1230 g/mol. The Morgan fingerprint density at radius 2 is 0.530 bits per heavy atom. The largest absolute Gasteiger partial charge is 0.465 e. The van der Waals surface area contributed by atoms with E-state index >= 15 is 132 Å². The third-order valence-corrected chi connectivity index (χ3v) is 13.2. The number of carbonyl (C=O) groups is 1. The van der Waals surface area contributed by atoms with Gasteiger partial charge in [0, 0.05) is 0 Å². The molecule has 0 spiro atoms. The van der Waals surface area contributed by atoms with Crippen molar-refractivity contribution in [2.75, 3.05) is 7.11 Å². The summed E-state index contributed by atoms with van der Waals surface area (Å²) < 4.78 is 486. The molecular formula is C47H9B2F30N2O2-. The second-order valence-corrected chi connectivity index (χ2v) is 17.0. The minimum atomic E-state index is -7.65. The van der Waals surface area contributed by atoms with Gasteiger partial charge in [-0.1, -0.05) is 32.8 Å². The molecule has 0 saturated heterocycles. The maximum Gasteiger partial charge on any atom is 0.337 e. The lowest BCUT2D eigenvalue weighted by Gasteiger charge is -2.44. The van der Waals surface area contributed by atoms with Crippen LogP contribution in [0.4, 0.5) is 132 Å².